The summed E-state index contributed by atoms with van der Waals surface area (Å²) in [5.41, 5.74) is 0. The van der Waals surface area contributed by atoms with Gasteiger partial charge in [0.25, 0.3) is 0 Å². The quantitative estimate of drug-likeness (QED) is 0.793. The monoisotopic (exact) mass is 224 g/mol. The third-order valence-corrected chi connectivity index (χ3v) is 3.96. The van der Waals surface area contributed by atoms with Crippen LogP contribution in [0.3, 0.4) is 0 Å². The number of hydrogen-bond acceptors (Lipinski definition) is 2. The van der Waals surface area contributed by atoms with Crippen LogP contribution in [0.2, 0.25) is 0 Å². The zero-order chi connectivity index (χ0) is 11.5. The van der Waals surface area contributed by atoms with Gasteiger partial charge in [-0.05, 0) is 32.1 Å². The van der Waals surface area contributed by atoms with Gasteiger partial charge in [0.2, 0.25) is 5.91 Å². The maximum Gasteiger partial charge on any atom is 0.240 e. The molecule has 1 saturated heterocycles. The van der Waals surface area contributed by atoms with Gasteiger partial charge in [-0.3, -0.25) is 10.1 Å². The number of nitrogens with zero attached hydrogens (tertiary/aromatic N) is 1. The van der Waals surface area contributed by atoms with E-state index in [-0.39, 0.29) is 6.04 Å². The Bertz CT molecular complexity index is 248. The fourth-order valence-electron chi connectivity index (χ4n) is 3.05. The Morgan fingerprint density at radius 2 is 2.06 bits per heavy atom. The second kappa shape index (κ2) is 5.17. The van der Waals surface area contributed by atoms with Crippen molar-refractivity contribution in [2.24, 2.45) is 5.92 Å². The van der Waals surface area contributed by atoms with Crippen molar-refractivity contribution in [2.75, 3.05) is 6.54 Å². The Balaban J connectivity index is 1.95. The van der Waals surface area contributed by atoms with E-state index in [1.54, 1.807) is 0 Å². The number of carbonyl (C=O) groups is 1. The lowest BCUT2D eigenvalue weighted by Crippen LogP contribution is -2.39. The van der Waals surface area contributed by atoms with Gasteiger partial charge < -0.3 is 4.90 Å². The van der Waals surface area contributed by atoms with Gasteiger partial charge in [0.15, 0.2) is 0 Å². The average Bonchev–Trinajstić information content (AvgIpc) is 2.84. The molecule has 2 aliphatic rings. The molecule has 1 saturated carbocycles. The Morgan fingerprint density at radius 3 is 2.69 bits per heavy atom. The zero-order valence-electron chi connectivity index (χ0n) is 10.5. The highest BCUT2D eigenvalue weighted by Gasteiger charge is 2.36. The molecule has 2 fully saturated rings. The normalized spacial score (nSPS) is 31.6. The van der Waals surface area contributed by atoms with Gasteiger partial charge in [0.05, 0.1) is 12.2 Å². The molecule has 16 heavy (non-hydrogen) atoms. The average molecular weight is 224 g/mol. The van der Waals surface area contributed by atoms with Crippen molar-refractivity contribution in [3.05, 3.63) is 0 Å². The maximum atomic E-state index is 12.0. The highest BCUT2D eigenvalue weighted by molar-refractivity contribution is 5.83. The standard InChI is InChI=1S/C13H24N2O/c1-3-6-12-14-10(2)13(16)15(12)9-11-7-4-5-8-11/h10-12,14H,3-9H2,1-2H3. The number of rotatable bonds is 4. The molecule has 0 aromatic carbocycles. The SMILES string of the molecule is CCCC1NC(C)C(=O)N1CC1CCCC1. The van der Waals surface area contributed by atoms with Crippen molar-refractivity contribution in [3.8, 4) is 0 Å². The van der Waals surface area contributed by atoms with Crippen molar-refractivity contribution >= 4 is 5.91 Å². The van der Waals surface area contributed by atoms with Crippen LogP contribution in [0.5, 0.6) is 0 Å². The number of nitrogens with one attached hydrogen (secondary N) is 1. The summed E-state index contributed by atoms with van der Waals surface area (Å²) in [4.78, 5) is 14.1. The highest BCUT2D eigenvalue weighted by atomic mass is 16.2. The van der Waals surface area contributed by atoms with E-state index in [4.69, 9.17) is 0 Å². The van der Waals surface area contributed by atoms with Gasteiger partial charge in [-0.1, -0.05) is 26.2 Å². The van der Waals surface area contributed by atoms with E-state index in [9.17, 15) is 4.79 Å². The van der Waals surface area contributed by atoms with Gasteiger partial charge >= 0.3 is 0 Å². The Hall–Kier alpha value is -0.570. The van der Waals surface area contributed by atoms with Gasteiger partial charge in [-0.15, -0.1) is 0 Å². The van der Waals surface area contributed by atoms with E-state index in [1.807, 2.05) is 6.92 Å². The molecule has 3 heteroatoms. The minimum absolute atomic E-state index is 0.0259. The van der Waals surface area contributed by atoms with Crippen molar-refractivity contribution in [1.29, 1.82) is 0 Å². The molecule has 0 spiro atoms. The van der Waals surface area contributed by atoms with Crippen LogP contribution in [0, 0.1) is 5.92 Å². The molecule has 1 aliphatic carbocycles. The van der Waals surface area contributed by atoms with E-state index in [2.05, 4.69) is 17.1 Å². The summed E-state index contributed by atoms with van der Waals surface area (Å²) in [5.74, 6) is 1.07. The summed E-state index contributed by atoms with van der Waals surface area (Å²) in [5, 5.41) is 3.40. The lowest BCUT2D eigenvalue weighted by molar-refractivity contribution is -0.130. The van der Waals surface area contributed by atoms with Crippen LogP contribution in [0.15, 0.2) is 0 Å². The molecule has 2 rings (SSSR count). The molecule has 0 aromatic heterocycles. The van der Waals surface area contributed by atoms with Crippen LogP contribution in [0.1, 0.15) is 52.4 Å². The molecular formula is C13H24N2O. The van der Waals surface area contributed by atoms with Gasteiger partial charge in [0.1, 0.15) is 0 Å². The first-order chi connectivity index (χ1) is 7.72. The molecule has 0 bridgehead atoms. The Labute approximate surface area is 98.6 Å². The Kier molecular flexibility index (Phi) is 3.85. The summed E-state index contributed by atoms with van der Waals surface area (Å²) in [6.07, 6.45) is 7.87. The lowest BCUT2D eigenvalue weighted by atomic mass is 10.1. The predicted molar refractivity (Wildman–Crippen MR) is 65.0 cm³/mol. The first-order valence-electron chi connectivity index (χ1n) is 6.79. The third kappa shape index (κ3) is 2.40. The molecule has 0 radical (unpaired) electrons. The molecule has 0 aromatic rings. The smallest absolute Gasteiger partial charge is 0.240 e. The second-order valence-corrected chi connectivity index (χ2v) is 5.33. The first kappa shape index (κ1) is 11.9. The predicted octanol–water partition coefficient (Wildman–Crippen LogP) is 2.12. The molecule has 2 atom stereocenters. The van der Waals surface area contributed by atoms with Gasteiger partial charge in [-0.25, -0.2) is 0 Å². The molecule has 1 N–H and O–H groups in total. The number of amides is 1. The fraction of sp³-hybridized carbons (Fsp3) is 0.923. The first-order valence-corrected chi connectivity index (χ1v) is 6.79. The number of hydrogen-bond donors (Lipinski definition) is 1. The van der Waals surface area contributed by atoms with Crippen LogP contribution in [-0.4, -0.2) is 29.6 Å². The highest BCUT2D eigenvalue weighted by Crippen LogP contribution is 2.27. The number of carbonyl (C=O) groups excluding carboxylic acids is 1. The van der Waals surface area contributed by atoms with Crippen molar-refractivity contribution in [3.63, 3.8) is 0 Å². The lowest BCUT2D eigenvalue weighted by Gasteiger charge is -2.26. The summed E-state index contributed by atoms with van der Waals surface area (Å²) < 4.78 is 0. The summed E-state index contributed by atoms with van der Waals surface area (Å²) in [6, 6.07) is 0.0259. The largest absolute Gasteiger partial charge is 0.326 e. The van der Waals surface area contributed by atoms with Gasteiger partial charge in [0, 0.05) is 6.54 Å². The van der Waals surface area contributed by atoms with E-state index >= 15 is 0 Å². The minimum Gasteiger partial charge on any atom is -0.326 e. The van der Waals surface area contributed by atoms with Crippen LogP contribution >= 0.6 is 0 Å². The maximum absolute atomic E-state index is 12.0. The molecule has 1 aliphatic heterocycles. The van der Waals surface area contributed by atoms with Crippen LogP contribution in [0.25, 0.3) is 0 Å². The van der Waals surface area contributed by atoms with Crippen LogP contribution in [-0.2, 0) is 4.79 Å². The topological polar surface area (TPSA) is 32.3 Å². The summed E-state index contributed by atoms with van der Waals surface area (Å²) in [6.45, 7) is 5.16. The van der Waals surface area contributed by atoms with Crippen molar-refractivity contribution in [2.45, 2.75) is 64.6 Å². The van der Waals surface area contributed by atoms with Crippen molar-refractivity contribution < 1.29 is 4.79 Å². The minimum atomic E-state index is 0.0259. The van der Waals surface area contributed by atoms with Crippen LogP contribution < -0.4 is 5.32 Å². The zero-order valence-corrected chi connectivity index (χ0v) is 10.5. The summed E-state index contributed by atoms with van der Waals surface area (Å²) in [7, 11) is 0. The van der Waals surface area contributed by atoms with Crippen molar-refractivity contribution in [1.82, 2.24) is 10.2 Å². The molecule has 2 unspecified atom stereocenters. The molecule has 92 valence electrons. The molecular weight excluding hydrogens is 200 g/mol. The van der Waals surface area contributed by atoms with E-state index in [0.717, 1.165) is 25.3 Å². The molecule has 1 amide bonds. The van der Waals surface area contributed by atoms with Gasteiger partial charge in [-0.2, -0.15) is 0 Å². The second-order valence-electron chi connectivity index (χ2n) is 5.33. The van der Waals surface area contributed by atoms with Crippen LogP contribution in [0.4, 0.5) is 0 Å². The third-order valence-electron chi connectivity index (χ3n) is 3.96. The van der Waals surface area contributed by atoms with E-state index < -0.39 is 0 Å². The Morgan fingerprint density at radius 1 is 1.38 bits per heavy atom. The fourth-order valence-corrected chi connectivity index (χ4v) is 3.05. The molecule has 3 nitrogen and oxygen atoms in total. The van der Waals surface area contributed by atoms with E-state index in [1.165, 1.54) is 25.7 Å². The van der Waals surface area contributed by atoms with E-state index in [0.29, 0.717) is 12.1 Å². The molecule has 1 heterocycles. The summed E-state index contributed by atoms with van der Waals surface area (Å²) >= 11 is 0.